The minimum absolute atomic E-state index is 0.0408. The molecule has 0 radical (unpaired) electrons. The maximum Gasteiger partial charge on any atom is 0.308 e. The number of ether oxygens (including phenoxy) is 1. The van der Waals surface area contributed by atoms with Gasteiger partial charge in [0.2, 0.25) is 0 Å². The van der Waals surface area contributed by atoms with E-state index in [9.17, 15) is 4.79 Å². The van der Waals surface area contributed by atoms with Crippen molar-refractivity contribution in [3.8, 4) is 0 Å². The molecule has 4 nitrogen and oxygen atoms in total. The standard InChI is InChI=1S/C13H21NO3S/c1-5-13(6-2,17-7-3)12-14-9(4)10(18-12)8-11(15)16/h5-8H2,1-4H3,(H,15,16). The van der Waals surface area contributed by atoms with E-state index in [-0.39, 0.29) is 12.0 Å². The molecule has 0 unspecified atom stereocenters. The fourth-order valence-electron chi connectivity index (χ4n) is 2.02. The lowest BCUT2D eigenvalue weighted by atomic mass is 9.98. The fraction of sp³-hybridized carbons (Fsp3) is 0.692. The molecule has 0 amide bonds. The van der Waals surface area contributed by atoms with Crippen molar-refractivity contribution < 1.29 is 14.6 Å². The maximum atomic E-state index is 10.8. The van der Waals surface area contributed by atoms with Gasteiger partial charge in [-0.3, -0.25) is 4.79 Å². The molecule has 1 aromatic rings. The van der Waals surface area contributed by atoms with Crippen LogP contribution in [0, 0.1) is 6.92 Å². The van der Waals surface area contributed by atoms with Gasteiger partial charge in [-0.15, -0.1) is 11.3 Å². The second kappa shape index (κ2) is 6.29. The van der Waals surface area contributed by atoms with Crippen LogP contribution in [0.15, 0.2) is 0 Å². The Kier molecular flexibility index (Phi) is 5.28. The molecule has 18 heavy (non-hydrogen) atoms. The van der Waals surface area contributed by atoms with Crippen molar-refractivity contribution in [1.29, 1.82) is 0 Å². The highest BCUT2D eigenvalue weighted by Gasteiger charge is 2.33. The largest absolute Gasteiger partial charge is 0.481 e. The van der Waals surface area contributed by atoms with E-state index < -0.39 is 5.97 Å². The van der Waals surface area contributed by atoms with Crippen LogP contribution >= 0.6 is 11.3 Å². The number of rotatable bonds is 7. The molecule has 0 saturated carbocycles. The summed E-state index contributed by atoms with van der Waals surface area (Å²) in [5.74, 6) is -0.816. The van der Waals surface area contributed by atoms with E-state index in [1.54, 1.807) is 0 Å². The van der Waals surface area contributed by atoms with E-state index >= 15 is 0 Å². The highest BCUT2D eigenvalue weighted by molar-refractivity contribution is 7.12. The molecule has 1 N–H and O–H groups in total. The van der Waals surface area contributed by atoms with Gasteiger partial charge in [-0.05, 0) is 26.7 Å². The zero-order valence-electron chi connectivity index (χ0n) is 11.4. The van der Waals surface area contributed by atoms with Gasteiger partial charge in [0.05, 0.1) is 12.1 Å². The van der Waals surface area contributed by atoms with E-state index in [0.29, 0.717) is 6.61 Å². The number of hydrogen-bond acceptors (Lipinski definition) is 4. The van der Waals surface area contributed by atoms with E-state index in [0.717, 1.165) is 28.4 Å². The number of carboxylic acid groups (broad SMARTS) is 1. The first kappa shape index (κ1) is 15.1. The highest BCUT2D eigenvalue weighted by Crippen LogP contribution is 2.37. The van der Waals surface area contributed by atoms with Crippen molar-refractivity contribution in [1.82, 2.24) is 4.98 Å². The Morgan fingerprint density at radius 2 is 2.00 bits per heavy atom. The molecule has 1 rings (SSSR count). The number of aryl methyl sites for hydroxylation is 1. The number of thiazole rings is 1. The summed E-state index contributed by atoms with van der Waals surface area (Å²) in [5, 5.41) is 9.77. The van der Waals surface area contributed by atoms with Crippen molar-refractivity contribution in [2.24, 2.45) is 0 Å². The van der Waals surface area contributed by atoms with Crippen LogP contribution in [0.1, 0.15) is 49.2 Å². The van der Waals surface area contributed by atoms with Gasteiger partial charge in [-0.25, -0.2) is 4.98 Å². The molecule has 102 valence electrons. The highest BCUT2D eigenvalue weighted by atomic mass is 32.1. The van der Waals surface area contributed by atoms with Crippen LogP contribution in [0.4, 0.5) is 0 Å². The van der Waals surface area contributed by atoms with Crippen LogP contribution in [0.2, 0.25) is 0 Å². The number of nitrogens with zero attached hydrogens (tertiary/aromatic N) is 1. The van der Waals surface area contributed by atoms with Gasteiger partial charge in [-0.1, -0.05) is 13.8 Å². The van der Waals surface area contributed by atoms with Crippen molar-refractivity contribution in [3.63, 3.8) is 0 Å². The molecule has 0 spiro atoms. The van der Waals surface area contributed by atoms with Gasteiger partial charge in [0.15, 0.2) is 0 Å². The van der Waals surface area contributed by atoms with Crippen molar-refractivity contribution >= 4 is 17.3 Å². The second-order valence-corrected chi connectivity index (χ2v) is 5.32. The van der Waals surface area contributed by atoms with Gasteiger partial charge in [0, 0.05) is 11.5 Å². The number of aromatic nitrogens is 1. The maximum absolute atomic E-state index is 10.8. The van der Waals surface area contributed by atoms with Crippen LogP contribution in [0.5, 0.6) is 0 Å². The molecule has 0 bridgehead atoms. The summed E-state index contributed by atoms with van der Waals surface area (Å²) in [4.78, 5) is 16.1. The van der Waals surface area contributed by atoms with E-state index in [1.165, 1.54) is 11.3 Å². The first-order chi connectivity index (χ1) is 8.49. The third kappa shape index (κ3) is 3.09. The first-order valence-corrected chi connectivity index (χ1v) is 7.13. The van der Waals surface area contributed by atoms with Crippen molar-refractivity contribution in [2.45, 2.75) is 52.6 Å². The smallest absolute Gasteiger partial charge is 0.308 e. The lowest BCUT2D eigenvalue weighted by Gasteiger charge is -2.29. The van der Waals surface area contributed by atoms with Crippen LogP contribution < -0.4 is 0 Å². The average Bonchev–Trinajstić information content (AvgIpc) is 2.67. The number of hydrogen-bond donors (Lipinski definition) is 1. The van der Waals surface area contributed by atoms with Crippen molar-refractivity contribution in [3.05, 3.63) is 15.6 Å². The molecule has 0 aliphatic rings. The Labute approximate surface area is 112 Å². The van der Waals surface area contributed by atoms with Gasteiger partial charge < -0.3 is 9.84 Å². The van der Waals surface area contributed by atoms with Crippen molar-refractivity contribution in [2.75, 3.05) is 6.61 Å². The Balaban J connectivity index is 3.10. The molecular weight excluding hydrogens is 250 g/mol. The van der Waals surface area contributed by atoms with Crippen LogP contribution in [-0.2, 0) is 21.6 Å². The van der Waals surface area contributed by atoms with E-state index in [4.69, 9.17) is 9.84 Å². The second-order valence-electron chi connectivity index (χ2n) is 4.23. The lowest BCUT2D eigenvalue weighted by molar-refractivity contribution is -0.136. The summed E-state index contributed by atoms with van der Waals surface area (Å²) >= 11 is 1.47. The molecule has 1 heterocycles. The van der Waals surface area contributed by atoms with Gasteiger partial charge in [0.1, 0.15) is 10.6 Å². The molecule has 0 atom stereocenters. The Bertz CT molecular complexity index is 410. The summed E-state index contributed by atoms with van der Waals surface area (Å²) in [6.45, 7) is 8.62. The summed E-state index contributed by atoms with van der Waals surface area (Å²) in [6.07, 6.45) is 1.73. The van der Waals surface area contributed by atoms with Crippen LogP contribution in [0.3, 0.4) is 0 Å². The third-order valence-corrected chi connectivity index (χ3v) is 4.50. The molecule has 0 aliphatic heterocycles. The molecule has 5 heteroatoms. The summed E-state index contributed by atoms with van der Waals surface area (Å²) < 4.78 is 5.89. The normalized spacial score (nSPS) is 11.8. The molecule has 0 saturated heterocycles. The summed E-state index contributed by atoms with van der Waals surface area (Å²) in [6, 6.07) is 0. The minimum atomic E-state index is -0.816. The molecule has 0 aliphatic carbocycles. The number of aliphatic carboxylic acids is 1. The van der Waals surface area contributed by atoms with E-state index in [2.05, 4.69) is 18.8 Å². The minimum Gasteiger partial charge on any atom is -0.481 e. The number of carbonyl (C=O) groups is 1. The Morgan fingerprint density at radius 1 is 1.39 bits per heavy atom. The summed E-state index contributed by atoms with van der Waals surface area (Å²) in [5.41, 5.74) is 0.448. The van der Waals surface area contributed by atoms with Crippen LogP contribution in [-0.4, -0.2) is 22.7 Å². The predicted molar refractivity (Wildman–Crippen MR) is 72.1 cm³/mol. The third-order valence-electron chi connectivity index (χ3n) is 3.16. The lowest BCUT2D eigenvalue weighted by Crippen LogP contribution is -2.28. The Hall–Kier alpha value is -0.940. The zero-order chi connectivity index (χ0) is 13.8. The topological polar surface area (TPSA) is 59.4 Å². The SMILES string of the molecule is CCOC(CC)(CC)c1nc(C)c(CC(=O)O)s1. The average molecular weight is 271 g/mol. The van der Waals surface area contributed by atoms with Gasteiger partial charge in [-0.2, -0.15) is 0 Å². The summed E-state index contributed by atoms with van der Waals surface area (Å²) in [7, 11) is 0. The quantitative estimate of drug-likeness (QED) is 0.827. The molecule has 1 aromatic heterocycles. The monoisotopic (exact) mass is 271 g/mol. The molecule has 0 fully saturated rings. The first-order valence-electron chi connectivity index (χ1n) is 6.31. The predicted octanol–water partition coefficient (Wildman–Crippen LogP) is 3.13. The fourth-order valence-corrected chi connectivity index (χ4v) is 3.36. The molecular formula is C13H21NO3S. The zero-order valence-corrected chi connectivity index (χ0v) is 12.3. The van der Waals surface area contributed by atoms with Crippen LogP contribution in [0.25, 0.3) is 0 Å². The number of carboxylic acids is 1. The van der Waals surface area contributed by atoms with Gasteiger partial charge >= 0.3 is 5.97 Å². The Morgan fingerprint density at radius 3 is 2.44 bits per heavy atom. The molecule has 0 aromatic carbocycles. The van der Waals surface area contributed by atoms with Gasteiger partial charge in [0.25, 0.3) is 0 Å². The van der Waals surface area contributed by atoms with E-state index in [1.807, 2.05) is 13.8 Å².